The van der Waals surface area contributed by atoms with Crippen LogP contribution < -0.4 is 5.32 Å². The Balaban J connectivity index is 1.64. The predicted octanol–water partition coefficient (Wildman–Crippen LogP) is 3.74. The Morgan fingerprint density at radius 3 is 2.63 bits per heavy atom. The maximum Gasteiger partial charge on any atom is 0.251 e. The van der Waals surface area contributed by atoms with Crippen LogP contribution in [0.4, 0.5) is 0 Å². The van der Waals surface area contributed by atoms with Gasteiger partial charge in [-0.25, -0.2) is 0 Å². The first-order valence-electron chi connectivity index (χ1n) is 6.35. The Morgan fingerprint density at radius 1 is 1.11 bits per heavy atom. The van der Waals surface area contributed by atoms with E-state index >= 15 is 0 Å². The zero-order valence-corrected chi connectivity index (χ0v) is 11.9. The number of rotatable bonds is 3. The van der Waals surface area contributed by atoms with Gasteiger partial charge in [0.2, 0.25) is 0 Å². The third-order valence-electron chi connectivity index (χ3n) is 3.42. The molecule has 0 spiro atoms. The molecule has 1 N–H and O–H groups in total. The first-order valence-corrected chi connectivity index (χ1v) is 7.15. The summed E-state index contributed by atoms with van der Waals surface area (Å²) >= 11 is 3.48. The van der Waals surface area contributed by atoms with E-state index in [0.717, 1.165) is 16.5 Å². The van der Waals surface area contributed by atoms with E-state index in [-0.39, 0.29) is 11.9 Å². The number of hydrogen-bond acceptors (Lipinski definition) is 1. The highest BCUT2D eigenvalue weighted by molar-refractivity contribution is 9.10. The first kappa shape index (κ1) is 12.4. The number of carbonyl (C=O) groups excluding carboxylic acids is 1. The van der Waals surface area contributed by atoms with Crippen molar-refractivity contribution in [2.24, 2.45) is 0 Å². The molecule has 0 radical (unpaired) electrons. The van der Waals surface area contributed by atoms with Crippen molar-refractivity contribution in [1.82, 2.24) is 5.32 Å². The van der Waals surface area contributed by atoms with Gasteiger partial charge in [0, 0.05) is 22.0 Å². The highest BCUT2D eigenvalue weighted by atomic mass is 79.9. The number of nitrogens with one attached hydrogen (secondary N) is 1. The van der Waals surface area contributed by atoms with Crippen LogP contribution in [0.1, 0.15) is 28.3 Å². The summed E-state index contributed by atoms with van der Waals surface area (Å²) in [5.41, 5.74) is 2.01. The van der Waals surface area contributed by atoms with Crippen molar-refractivity contribution in [3.63, 3.8) is 0 Å². The second-order valence-corrected chi connectivity index (χ2v) is 5.76. The minimum absolute atomic E-state index is 0.0168. The summed E-state index contributed by atoms with van der Waals surface area (Å²) in [5.74, 6) is 0.466. The summed E-state index contributed by atoms with van der Waals surface area (Å²) < 4.78 is 1.09. The molecule has 19 heavy (non-hydrogen) atoms. The maximum absolute atomic E-state index is 12.0. The first-order chi connectivity index (χ1) is 9.24. The second-order valence-electron chi connectivity index (χ2n) is 4.84. The van der Waals surface area contributed by atoms with Crippen LogP contribution in [0.2, 0.25) is 0 Å². The number of amides is 1. The molecule has 2 aromatic carbocycles. The van der Waals surface area contributed by atoms with E-state index in [0.29, 0.717) is 5.92 Å². The Morgan fingerprint density at radius 2 is 1.89 bits per heavy atom. The fraction of sp³-hybridized carbons (Fsp3) is 0.188. The molecule has 2 atom stereocenters. The molecule has 1 aliphatic rings. The van der Waals surface area contributed by atoms with Gasteiger partial charge in [-0.3, -0.25) is 4.79 Å². The van der Waals surface area contributed by atoms with Crippen molar-refractivity contribution in [2.75, 3.05) is 0 Å². The summed E-state index contributed by atoms with van der Waals surface area (Å²) in [6.45, 7) is 0. The standard InChI is InChI=1S/C16H14BrNO/c17-13-8-4-7-12(9-13)14-10-15(14)18-16(19)11-5-2-1-3-6-11/h1-9,14-15H,10H2,(H,18,19)/t14-,15+/m0/s1. The molecule has 1 fully saturated rings. The average Bonchev–Trinajstić information content (AvgIpc) is 3.19. The molecular formula is C16H14BrNO. The van der Waals surface area contributed by atoms with Crippen LogP contribution >= 0.6 is 15.9 Å². The molecule has 1 aliphatic carbocycles. The largest absolute Gasteiger partial charge is 0.349 e. The van der Waals surface area contributed by atoms with E-state index in [1.807, 2.05) is 42.5 Å². The zero-order chi connectivity index (χ0) is 13.2. The topological polar surface area (TPSA) is 29.1 Å². The quantitative estimate of drug-likeness (QED) is 0.918. The van der Waals surface area contributed by atoms with Gasteiger partial charge in [-0.2, -0.15) is 0 Å². The molecule has 2 aromatic rings. The van der Waals surface area contributed by atoms with Gasteiger partial charge in [0.15, 0.2) is 0 Å². The minimum Gasteiger partial charge on any atom is -0.349 e. The SMILES string of the molecule is O=C(N[C@@H]1C[C@H]1c1cccc(Br)c1)c1ccccc1. The third kappa shape index (κ3) is 2.87. The molecular weight excluding hydrogens is 302 g/mol. The van der Waals surface area contributed by atoms with E-state index in [9.17, 15) is 4.79 Å². The van der Waals surface area contributed by atoms with Crippen LogP contribution in [0.3, 0.4) is 0 Å². The smallest absolute Gasteiger partial charge is 0.251 e. The molecule has 0 saturated heterocycles. The van der Waals surface area contributed by atoms with E-state index in [1.54, 1.807) is 0 Å². The van der Waals surface area contributed by atoms with Crippen LogP contribution in [-0.2, 0) is 0 Å². The Bertz CT molecular complexity index is 597. The molecule has 0 heterocycles. The van der Waals surface area contributed by atoms with E-state index < -0.39 is 0 Å². The van der Waals surface area contributed by atoms with Crippen molar-refractivity contribution in [3.05, 3.63) is 70.2 Å². The molecule has 0 bridgehead atoms. The lowest BCUT2D eigenvalue weighted by atomic mass is 10.1. The number of benzene rings is 2. The van der Waals surface area contributed by atoms with Crippen molar-refractivity contribution >= 4 is 21.8 Å². The van der Waals surface area contributed by atoms with Gasteiger partial charge in [-0.05, 0) is 36.2 Å². The molecule has 0 aromatic heterocycles. The summed E-state index contributed by atoms with van der Waals surface area (Å²) in [5, 5.41) is 3.08. The summed E-state index contributed by atoms with van der Waals surface area (Å²) in [6, 6.07) is 17.9. The van der Waals surface area contributed by atoms with Crippen molar-refractivity contribution in [3.8, 4) is 0 Å². The molecule has 0 unspecified atom stereocenters. The van der Waals surface area contributed by atoms with Crippen LogP contribution in [0, 0.1) is 0 Å². The highest BCUT2D eigenvalue weighted by Gasteiger charge is 2.39. The van der Waals surface area contributed by atoms with Crippen LogP contribution in [0.15, 0.2) is 59.1 Å². The molecule has 1 amide bonds. The normalized spacial score (nSPS) is 20.9. The van der Waals surface area contributed by atoms with Crippen molar-refractivity contribution in [2.45, 2.75) is 18.4 Å². The Labute approximate surface area is 121 Å². The maximum atomic E-state index is 12.0. The lowest BCUT2D eigenvalue weighted by Gasteiger charge is -2.05. The lowest BCUT2D eigenvalue weighted by Crippen LogP contribution is -2.26. The van der Waals surface area contributed by atoms with Crippen molar-refractivity contribution < 1.29 is 4.79 Å². The Kier molecular flexibility index (Phi) is 3.38. The fourth-order valence-electron chi connectivity index (χ4n) is 2.30. The van der Waals surface area contributed by atoms with E-state index in [1.165, 1.54) is 5.56 Å². The average molecular weight is 316 g/mol. The fourth-order valence-corrected chi connectivity index (χ4v) is 2.72. The van der Waals surface area contributed by atoms with Crippen LogP contribution in [0.25, 0.3) is 0 Å². The number of hydrogen-bond donors (Lipinski definition) is 1. The number of halogens is 1. The van der Waals surface area contributed by atoms with Crippen LogP contribution in [0.5, 0.6) is 0 Å². The van der Waals surface area contributed by atoms with Crippen LogP contribution in [-0.4, -0.2) is 11.9 Å². The van der Waals surface area contributed by atoms with E-state index in [4.69, 9.17) is 0 Å². The zero-order valence-electron chi connectivity index (χ0n) is 10.3. The van der Waals surface area contributed by atoms with Gasteiger partial charge in [-0.15, -0.1) is 0 Å². The van der Waals surface area contributed by atoms with Gasteiger partial charge < -0.3 is 5.32 Å². The minimum atomic E-state index is 0.0168. The summed E-state index contributed by atoms with van der Waals surface area (Å²) in [4.78, 5) is 12.0. The summed E-state index contributed by atoms with van der Waals surface area (Å²) in [6.07, 6.45) is 1.02. The molecule has 2 nitrogen and oxygen atoms in total. The van der Waals surface area contributed by atoms with Gasteiger partial charge in [0.05, 0.1) is 0 Å². The van der Waals surface area contributed by atoms with Gasteiger partial charge in [0.25, 0.3) is 5.91 Å². The monoisotopic (exact) mass is 315 g/mol. The predicted molar refractivity (Wildman–Crippen MR) is 79.2 cm³/mol. The van der Waals surface area contributed by atoms with Gasteiger partial charge in [-0.1, -0.05) is 46.3 Å². The third-order valence-corrected chi connectivity index (χ3v) is 3.91. The molecule has 3 rings (SSSR count). The molecule has 0 aliphatic heterocycles. The van der Waals surface area contributed by atoms with E-state index in [2.05, 4.69) is 33.4 Å². The van der Waals surface area contributed by atoms with Crippen molar-refractivity contribution in [1.29, 1.82) is 0 Å². The van der Waals surface area contributed by atoms with Gasteiger partial charge in [0.1, 0.15) is 0 Å². The Hall–Kier alpha value is -1.61. The number of carbonyl (C=O) groups is 1. The summed E-state index contributed by atoms with van der Waals surface area (Å²) in [7, 11) is 0. The lowest BCUT2D eigenvalue weighted by molar-refractivity contribution is 0.0950. The second kappa shape index (κ2) is 5.17. The van der Waals surface area contributed by atoms with Gasteiger partial charge >= 0.3 is 0 Å². The molecule has 96 valence electrons. The molecule has 1 saturated carbocycles. The highest BCUT2D eigenvalue weighted by Crippen LogP contribution is 2.41. The molecule has 3 heteroatoms.